The lowest BCUT2D eigenvalue weighted by atomic mass is 10.2. The largest absolute Gasteiger partial charge is 0.453 e. The van der Waals surface area contributed by atoms with E-state index < -0.39 is 17.9 Å². The van der Waals surface area contributed by atoms with E-state index in [1.54, 1.807) is 0 Å². The molecule has 0 aliphatic carbocycles. The van der Waals surface area contributed by atoms with E-state index in [2.05, 4.69) is 5.73 Å². The van der Waals surface area contributed by atoms with E-state index in [4.69, 9.17) is 10.2 Å². The van der Waals surface area contributed by atoms with E-state index >= 15 is 0 Å². The Morgan fingerprint density at radius 2 is 1.60 bits per heavy atom. The van der Waals surface area contributed by atoms with Gasteiger partial charge in [-0.25, -0.2) is 0 Å². The smallest absolute Gasteiger partial charge is 0.365 e. The second kappa shape index (κ2) is 2.10. The third-order valence-corrected chi connectivity index (χ3v) is 0.739. The molecule has 10 heavy (non-hydrogen) atoms. The van der Waals surface area contributed by atoms with Gasteiger partial charge in [-0.05, 0) is 0 Å². The van der Waals surface area contributed by atoms with Crippen molar-refractivity contribution in [2.45, 2.75) is 12.0 Å². The summed E-state index contributed by atoms with van der Waals surface area (Å²) in [7, 11) is 0. The Balaban J connectivity index is 4.57. The fraction of sp³-hybridized carbons (Fsp3) is 0.667. The predicted octanol–water partition coefficient (Wildman–Crippen LogP) is -1.29. The van der Waals surface area contributed by atoms with Crippen molar-refractivity contribution < 1.29 is 28.2 Å². The summed E-state index contributed by atoms with van der Waals surface area (Å²) in [6.45, 7) is 0. The molecule has 1 amide bonds. The number of alkyl halides is 3. The van der Waals surface area contributed by atoms with Gasteiger partial charge in [0.05, 0.1) is 0 Å². The highest BCUT2D eigenvalue weighted by Gasteiger charge is 2.58. The van der Waals surface area contributed by atoms with Crippen LogP contribution in [0.15, 0.2) is 0 Å². The van der Waals surface area contributed by atoms with Gasteiger partial charge >= 0.3 is 12.0 Å². The van der Waals surface area contributed by atoms with E-state index in [-0.39, 0.29) is 0 Å². The summed E-state index contributed by atoms with van der Waals surface area (Å²) >= 11 is 0. The first-order chi connectivity index (χ1) is 4.19. The summed E-state index contributed by atoms with van der Waals surface area (Å²) in [5.74, 6) is -6.67. The van der Waals surface area contributed by atoms with Crippen molar-refractivity contribution in [1.82, 2.24) is 0 Å². The molecule has 0 aromatic carbocycles. The minimum absolute atomic E-state index is 2.25. The number of primary amides is 1. The average molecular weight is 159 g/mol. The highest BCUT2D eigenvalue weighted by Crippen LogP contribution is 2.27. The summed E-state index contributed by atoms with van der Waals surface area (Å²) in [6.07, 6.45) is -5.45. The van der Waals surface area contributed by atoms with E-state index in [1.165, 1.54) is 0 Å². The van der Waals surface area contributed by atoms with Crippen molar-refractivity contribution in [3.63, 3.8) is 0 Å². The molecule has 0 aromatic rings. The van der Waals surface area contributed by atoms with Gasteiger partial charge < -0.3 is 15.9 Å². The number of carbonyl (C=O) groups is 1. The Kier molecular flexibility index (Phi) is 1.93. The fourth-order valence-corrected chi connectivity index (χ4v) is 0.140. The van der Waals surface area contributed by atoms with Crippen molar-refractivity contribution >= 4 is 5.91 Å². The molecule has 0 saturated heterocycles. The quantitative estimate of drug-likeness (QED) is 0.416. The van der Waals surface area contributed by atoms with Crippen molar-refractivity contribution in [2.24, 2.45) is 5.73 Å². The van der Waals surface area contributed by atoms with Crippen molar-refractivity contribution in [1.29, 1.82) is 0 Å². The number of hydrogen-bond acceptors (Lipinski definition) is 3. The van der Waals surface area contributed by atoms with Crippen molar-refractivity contribution in [3.05, 3.63) is 0 Å². The van der Waals surface area contributed by atoms with Gasteiger partial charge in [0.25, 0.3) is 5.91 Å². The zero-order valence-corrected chi connectivity index (χ0v) is 4.51. The molecule has 4 nitrogen and oxygen atoms in total. The minimum Gasteiger partial charge on any atom is -0.365 e. The third kappa shape index (κ3) is 1.36. The molecule has 0 bridgehead atoms. The standard InChI is InChI=1S/C3H4F3NO3/c4-3(5,6)2(9,10)1(7)8/h9-10H,(H2,7,8). The molecule has 0 rings (SSSR count). The monoisotopic (exact) mass is 159 g/mol. The SMILES string of the molecule is NC(=O)C(O)(O)C(F)(F)F. The second-order valence-corrected chi connectivity index (χ2v) is 1.53. The van der Waals surface area contributed by atoms with Crippen LogP contribution in [0, 0.1) is 0 Å². The van der Waals surface area contributed by atoms with Crippen molar-refractivity contribution in [2.75, 3.05) is 0 Å². The molecule has 4 N–H and O–H groups in total. The number of aliphatic hydroxyl groups is 2. The molecule has 0 fully saturated rings. The lowest BCUT2D eigenvalue weighted by Crippen LogP contribution is -2.55. The number of rotatable bonds is 1. The summed E-state index contributed by atoms with van der Waals surface area (Å²) in [5.41, 5.74) is 4.00. The number of hydrogen-bond donors (Lipinski definition) is 3. The first-order valence-corrected chi connectivity index (χ1v) is 2.01. The number of amides is 1. The molecular formula is C3H4F3NO3. The van der Waals surface area contributed by atoms with Gasteiger partial charge in [0.15, 0.2) is 0 Å². The Labute approximate surface area is 53.1 Å². The van der Waals surface area contributed by atoms with Gasteiger partial charge in [-0.3, -0.25) is 4.79 Å². The highest BCUT2D eigenvalue weighted by atomic mass is 19.4. The van der Waals surface area contributed by atoms with Gasteiger partial charge in [0.2, 0.25) is 0 Å². The van der Waals surface area contributed by atoms with Crippen LogP contribution in [0.1, 0.15) is 0 Å². The molecule has 0 aliphatic heterocycles. The van der Waals surface area contributed by atoms with Gasteiger partial charge in [-0.2, -0.15) is 13.2 Å². The minimum atomic E-state index is -5.45. The van der Waals surface area contributed by atoms with E-state index in [9.17, 15) is 18.0 Å². The van der Waals surface area contributed by atoms with Crippen LogP contribution in [-0.2, 0) is 4.79 Å². The predicted molar refractivity (Wildman–Crippen MR) is 22.4 cm³/mol. The summed E-state index contributed by atoms with van der Waals surface area (Å²) in [4.78, 5) is 9.67. The molecular weight excluding hydrogens is 155 g/mol. The van der Waals surface area contributed by atoms with Crippen LogP contribution >= 0.6 is 0 Å². The molecule has 7 heteroatoms. The first kappa shape index (κ1) is 9.18. The van der Waals surface area contributed by atoms with Crippen LogP contribution in [0.4, 0.5) is 13.2 Å². The zero-order valence-electron chi connectivity index (χ0n) is 4.51. The van der Waals surface area contributed by atoms with Crippen LogP contribution < -0.4 is 5.73 Å². The topological polar surface area (TPSA) is 83.6 Å². The van der Waals surface area contributed by atoms with Crippen LogP contribution in [0.5, 0.6) is 0 Å². The van der Waals surface area contributed by atoms with Gasteiger partial charge in [0, 0.05) is 0 Å². The van der Waals surface area contributed by atoms with Crippen LogP contribution in [0.3, 0.4) is 0 Å². The van der Waals surface area contributed by atoms with Crippen LogP contribution in [0.25, 0.3) is 0 Å². The van der Waals surface area contributed by atoms with Crippen LogP contribution in [-0.4, -0.2) is 28.1 Å². The lowest BCUT2D eigenvalue weighted by molar-refractivity contribution is -0.327. The molecule has 0 atom stereocenters. The van der Waals surface area contributed by atoms with E-state index in [0.29, 0.717) is 0 Å². The molecule has 0 aliphatic rings. The Morgan fingerprint density at radius 1 is 1.30 bits per heavy atom. The molecule has 0 heterocycles. The maximum atomic E-state index is 11.3. The number of halogens is 3. The van der Waals surface area contributed by atoms with E-state index in [0.717, 1.165) is 0 Å². The second-order valence-electron chi connectivity index (χ2n) is 1.53. The molecule has 60 valence electrons. The molecule has 0 radical (unpaired) electrons. The van der Waals surface area contributed by atoms with Gasteiger partial charge in [-0.15, -0.1) is 0 Å². The lowest BCUT2D eigenvalue weighted by Gasteiger charge is -2.19. The van der Waals surface area contributed by atoms with Crippen molar-refractivity contribution in [3.8, 4) is 0 Å². The highest BCUT2D eigenvalue weighted by molar-refractivity contribution is 5.82. The Morgan fingerprint density at radius 3 is 1.60 bits per heavy atom. The fourth-order valence-electron chi connectivity index (χ4n) is 0.140. The summed E-state index contributed by atoms with van der Waals surface area (Å²) in [6, 6.07) is 0. The average Bonchev–Trinajstić information content (AvgIpc) is 1.62. The molecule has 0 saturated carbocycles. The normalized spacial score (nSPS) is 13.3. The van der Waals surface area contributed by atoms with Gasteiger partial charge in [-0.1, -0.05) is 0 Å². The first-order valence-electron chi connectivity index (χ1n) is 2.01. The Hall–Kier alpha value is -0.820. The number of nitrogens with two attached hydrogens (primary N) is 1. The van der Waals surface area contributed by atoms with Crippen LogP contribution in [0.2, 0.25) is 0 Å². The Bertz CT molecular complexity index is 152. The molecule has 0 aromatic heterocycles. The zero-order chi connectivity index (χ0) is 8.58. The summed E-state index contributed by atoms with van der Waals surface area (Å²) in [5, 5.41) is 15.8. The van der Waals surface area contributed by atoms with E-state index in [1.807, 2.05) is 0 Å². The molecule has 0 spiro atoms. The maximum Gasteiger partial charge on any atom is 0.453 e. The third-order valence-electron chi connectivity index (χ3n) is 0.739. The molecule has 0 unspecified atom stereocenters. The number of carbonyl (C=O) groups excluding carboxylic acids is 1. The maximum absolute atomic E-state index is 11.3. The summed E-state index contributed by atoms with van der Waals surface area (Å²) < 4.78 is 33.8. The van der Waals surface area contributed by atoms with Gasteiger partial charge in [0.1, 0.15) is 0 Å².